The molecule has 0 heterocycles. The van der Waals surface area contributed by atoms with Crippen LogP contribution in [0.1, 0.15) is 0 Å². The molecule has 0 N–H and O–H groups in total. The van der Waals surface area contributed by atoms with Crippen molar-refractivity contribution in [2.75, 3.05) is 13.7 Å². The van der Waals surface area contributed by atoms with Crippen LogP contribution in [0.5, 0.6) is 5.75 Å². The number of rotatable bonds is 5. The van der Waals surface area contributed by atoms with Crippen LogP contribution in [-0.4, -0.2) is 31.6 Å². The molecule has 0 spiro atoms. The van der Waals surface area contributed by atoms with Gasteiger partial charge in [-0.25, -0.2) is 14.4 Å². The Hall–Kier alpha value is -2.15. The van der Waals surface area contributed by atoms with E-state index >= 15 is 0 Å². The Balaban J connectivity index is 2.36. The Morgan fingerprint density at radius 1 is 1.10 bits per heavy atom. The summed E-state index contributed by atoms with van der Waals surface area (Å²) in [7, 11) is 1.17. The maximum Gasteiger partial charge on any atom is 0.349 e. The van der Waals surface area contributed by atoms with Gasteiger partial charge in [0.05, 0.1) is 7.11 Å². The minimum absolute atomic E-state index is 0.333. The molecular weight excluding hydrogens is 332 g/mol. The summed E-state index contributed by atoms with van der Waals surface area (Å²) in [5.74, 6) is -1.94. The number of carbonyl (C=O) groups excluding carboxylic acids is 3. The van der Waals surface area contributed by atoms with E-state index in [1.807, 2.05) is 0 Å². The topological polar surface area (TPSA) is 78.9 Å². The Bertz CT molecular complexity index is 520. The van der Waals surface area contributed by atoms with Crippen molar-refractivity contribution in [1.82, 2.24) is 0 Å². The lowest BCUT2D eigenvalue weighted by Crippen LogP contribution is -2.18. The monoisotopic (exact) mass is 342 g/mol. The molecule has 20 heavy (non-hydrogen) atoms. The molecule has 0 aromatic heterocycles. The molecule has 0 fully saturated rings. The predicted octanol–water partition coefficient (Wildman–Crippen LogP) is 1.63. The van der Waals surface area contributed by atoms with Gasteiger partial charge in [-0.15, -0.1) is 0 Å². The Kier molecular flexibility index (Phi) is 6.45. The van der Waals surface area contributed by atoms with Crippen molar-refractivity contribution in [2.45, 2.75) is 0 Å². The highest BCUT2D eigenvalue weighted by Gasteiger charge is 2.08. The molecule has 0 saturated heterocycles. The van der Waals surface area contributed by atoms with E-state index in [1.54, 1.807) is 24.3 Å². The molecule has 7 heteroatoms. The zero-order valence-electron chi connectivity index (χ0n) is 10.5. The van der Waals surface area contributed by atoms with Crippen LogP contribution in [0.4, 0.5) is 0 Å². The zero-order chi connectivity index (χ0) is 15.0. The highest BCUT2D eigenvalue weighted by atomic mass is 79.9. The first-order chi connectivity index (χ1) is 9.51. The van der Waals surface area contributed by atoms with Crippen LogP contribution >= 0.6 is 15.9 Å². The lowest BCUT2D eigenvalue weighted by Gasteiger charge is -2.04. The fourth-order valence-corrected chi connectivity index (χ4v) is 1.31. The van der Waals surface area contributed by atoms with Crippen molar-refractivity contribution in [1.29, 1.82) is 0 Å². The third-order valence-corrected chi connectivity index (χ3v) is 2.46. The smallest absolute Gasteiger partial charge is 0.349 e. The summed E-state index contributed by atoms with van der Waals surface area (Å²) in [6, 6.07) is 6.57. The fourth-order valence-electron chi connectivity index (χ4n) is 1.05. The van der Waals surface area contributed by atoms with Gasteiger partial charge in [0.25, 0.3) is 0 Å². The second-order valence-corrected chi connectivity index (χ2v) is 4.31. The second-order valence-electron chi connectivity index (χ2n) is 3.39. The van der Waals surface area contributed by atoms with Crippen molar-refractivity contribution in [3.05, 3.63) is 40.9 Å². The molecule has 106 valence electrons. The number of esters is 3. The molecule has 0 saturated carbocycles. The Morgan fingerprint density at radius 2 is 1.70 bits per heavy atom. The van der Waals surface area contributed by atoms with E-state index in [1.165, 1.54) is 7.11 Å². The first kappa shape index (κ1) is 15.9. The molecule has 1 rings (SSSR count). The predicted molar refractivity (Wildman–Crippen MR) is 71.9 cm³/mol. The van der Waals surface area contributed by atoms with Gasteiger partial charge in [0, 0.05) is 16.6 Å². The minimum atomic E-state index is -0.844. The SMILES string of the molecule is COC(=O)/C=C\C(=O)OCC(=O)Oc1ccc(Br)cc1. The molecule has 1 aromatic rings. The lowest BCUT2D eigenvalue weighted by atomic mass is 10.3. The molecule has 0 radical (unpaired) electrons. The molecule has 0 bridgehead atoms. The summed E-state index contributed by atoms with van der Waals surface area (Å²) < 4.78 is 14.6. The average molecular weight is 343 g/mol. The molecule has 0 aliphatic carbocycles. The molecule has 0 aliphatic heterocycles. The molecule has 0 aliphatic rings. The average Bonchev–Trinajstić information content (AvgIpc) is 2.45. The van der Waals surface area contributed by atoms with Crippen LogP contribution in [0.2, 0.25) is 0 Å². The lowest BCUT2D eigenvalue weighted by molar-refractivity contribution is -0.150. The highest BCUT2D eigenvalue weighted by Crippen LogP contribution is 2.16. The number of halogens is 1. The van der Waals surface area contributed by atoms with E-state index < -0.39 is 24.5 Å². The number of hydrogen-bond donors (Lipinski definition) is 0. The standard InChI is InChI=1S/C13H11BrO6/c1-18-11(15)6-7-12(16)19-8-13(17)20-10-4-2-9(14)3-5-10/h2-7H,8H2,1H3/b7-6-. The highest BCUT2D eigenvalue weighted by molar-refractivity contribution is 9.10. The van der Waals surface area contributed by atoms with Crippen LogP contribution in [0, 0.1) is 0 Å². The van der Waals surface area contributed by atoms with Crippen molar-refractivity contribution < 1.29 is 28.6 Å². The quantitative estimate of drug-likeness (QED) is 0.459. The molecule has 1 aromatic carbocycles. The first-order valence-electron chi connectivity index (χ1n) is 5.40. The summed E-state index contributed by atoms with van der Waals surface area (Å²) >= 11 is 3.24. The summed E-state index contributed by atoms with van der Waals surface area (Å²) in [4.78, 5) is 33.2. The maximum absolute atomic E-state index is 11.4. The van der Waals surface area contributed by atoms with E-state index in [2.05, 4.69) is 25.4 Å². The zero-order valence-corrected chi connectivity index (χ0v) is 12.1. The van der Waals surface area contributed by atoms with Crippen molar-refractivity contribution in [2.24, 2.45) is 0 Å². The first-order valence-corrected chi connectivity index (χ1v) is 6.19. The van der Waals surface area contributed by atoms with E-state index in [0.717, 1.165) is 16.6 Å². The summed E-state index contributed by atoms with van der Waals surface area (Å²) in [6.45, 7) is -0.555. The van der Waals surface area contributed by atoms with E-state index in [0.29, 0.717) is 5.75 Å². The Morgan fingerprint density at radius 3 is 2.30 bits per heavy atom. The Labute approximate surface area is 123 Å². The molecule has 0 unspecified atom stereocenters. The largest absolute Gasteiger partial charge is 0.466 e. The van der Waals surface area contributed by atoms with Crippen LogP contribution in [0.15, 0.2) is 40.9 Å². The van der Waals surface area contributed by atoms with Crippen molar-refractivity contribution in [3.63, 3.8) is 0 Å². The van der Waals surface area contributed by atoms with Gasteiger partial charge in [-0.3, -0.25) is 0 Å². The van der Waals surface area contributed by atoms with E-state index in [-0.39, 0.29) is 0 Å². The normalized spacial score (nSPS) is 10.1. The number of ether oxygens (including phenoxy) is 3. The van der Waals surface area contributed by atoms with E-state index in [9.17, 15) is 14.4 Å². The number of carbonyl (C=O) groups is 3. The van der Waals surface area contributed by atoms with Gasteiger partial charge in [0.1, 0.15) is 5.75 Å². The molecule has 6 nitrogen and oxygen atoms in total. The molecular formula is C13H11BrO6. The van der Waals surface area contributed by atoms with Gasteiger partial charge < -0.3 is 14.2 Å². The summed E-state index contributed by atoms with van der Waals surface area (Å²) in [5.41, 5.74) is 0. The van der Waals surface area contributed by atoms with Crippen LogP contribution in [-0.2, 0) is 23.9 Å². The van der Waals surface area contributed by atoms with Crippen LogP contribution in [0.25, 0.3) is 0 Å². The van der Waals surface area contributed by atoms with Gasteiger partial charge >= 0.3 is 17.9 Å². The number of hydrogen-bond acceptors (Lipinski definition) is 6. The van der Waals surface area contributed by atoms with Gasteiger partial charge in [0.15, 0.2) is 6.61 Å². The molecule has 0 atom stereocenters. The third kappa shape index (κ3) is 6.14. The van der Waals surface area contributed by atoms with Crippen molar-refractivity contribution >= 4 is 33.8 Å². The van der Waals surface area contributed by atoms with E-state index in [4.69, 9.17) is 4.74 Å². The molecule has 0 amide bonds. The third-order valence-electron chi connectivity index (χ3n) is 1.93. The summed E-state index contributed by atoms with van der Waals surface area (Å²) in [6.07, 6.45) is 1.75. The number of methoxy groups -OCH3 is 1. The van der Waals surface area contributed by atoms with Gasteiger partial charge in [-0.1, -0.05) is 15.9 Å². The van der Waals surface area contributed by atoms with Gasteiger partial charge in [-0.05, 0) is 24.3 Å². The van der Waals surface area contributed by atoms with Crippen LogP contribution < -0.4 is 4.74 Å². The van der Waals surface area contributed by atoms with Gasteiger partial charge in [-0.2, -0.15) is 0 Å². The minimum Gasteiger partial charge on any atom is -0.466 e. The maximum atomic E-state index is 11.4. The van der Waals surface area contributed by atoms with Crippen LogP contribution in [0.3, 0.4) is 0 Å². The summed E-state index contributed by atoms with van der Waals surface area (Å²) in [5, 5.41) is 0. The van der Waals surface area contributed by atoms with Crippen molar-refractivity contribution in [3.8, 4) is 5.75 Å². The number of benzene rings is 1. The second kappa shape index (κ2) is 8.11. The fraction of sp³-hybridized carbons (Fsp3) is 0.154. The van der Waals surface area contributed by atoms with Gasteiger partial charge in [0.2, 0.25) is 0 Å².